The maximum absolute atomic E-state index is 12.2. The van der Waals surface area contributed by atoms with Crippen molar-refractivity contribution in [3.8, 4) is 5.75 Å². The van der Waals surface area contributed by atoms with E-state index >= 15 is 0 Å². The molecule has 0 bridgehead atoms. The quantitative estimate of drug-likeness (QED) is 0.911. The Kier molecular flexibility index (Phi) is 3.92. The molecule has 1 aromatic heterocycles. The molecule has 24 heavy (non-hydrogen) atoms. The van der Waals surface area contributed by atoms with Crippen molar-refractivity contribution in [2.45, 2.75) is 31.8 Å². The lowest BCUT2D eigenvalue weighted by Gasteiger charge is -2.41. The lowest BCUT2D eigenvalue weighted by molar-refractivity contribution is 0.0473. The second-order valence-corrected chi connectivity index (χ2v) is 7.26. The number of thiazole rings is 1. The van der Waals surface area contributed by atoms with Crippen LogP contribution in [-0.2, 0) is 6.42 Å². The SMILES string of the molecule is CCc1csc(N2CCC3(CC2)CNC(=O)c2ccccc2O3)n1. The number of piperidine rings is 1. The average Bonchev–Trinajstić information content (AvgIpc) is 3.05. The van der Waals surface area contributed by atoms with Crippen molar-refractivity contribution in [1.82, 2.24) is 10.3 Å². The number of anilines is 1. The predicted octanol–water partition coefficient (Wildman–Crippen LogP) is 2.87. The zero-order valence-corrected chi connectivity index (χ0v) is 14.6. The second kappa shape index (κ2) is 6.09. The Balaban J connectivity index is 1.51. The number of ether oxygens (including phenoxy) is 1. The molecule has 2 aromatic rings. The van der Waals surface area contributed by atoms with E-state index in [1.807, 2.05) is 24.3 Å². The first-order chi connectivity index (χ1) is 11.7. The Morgan fingerprint density at radius 1 is 1.33 bits per heavy atom. The molecule has 1 fully saturated rings. The van der Waals surface area contributed by atoms with E-state index < -0.39 is 0 Å². The number of amides is 1. The van der Waals surface area contributed by atoms with Crippen molar-refractivity contribution < 1.29 is 9.53 Å². The number of nitrogens with one attached hydrogen (secondary N) is 1. The lowest BCUT2D eigenvalue weighted by atomic mass is 9.91. The highest BCUT2D eigenvalue weighted by Crippen LogP contribution is 2.34. The highest BCUT2D eigenvalue weighted by molar-refractivity contribution is 7.13. The topological polar surface area (TPSA) is 54.5 Å². The van der Waals surface area contributed by atoms with Crippen molar-refractivity contribution in [2.75, 3.05) is 24.5 Å². The number of carbonyl (C=O) groups excluding carboxylic acids is 1. The van der Waals surface area contributed by atoms with Gasteiger partial charge in [-0.1, -0.05) is 19.1 Å². The molecule has 1 N–H and O–H groups in total. The summed E-state index contributed by atoms with van der Waals surface area (Å²) in [5, 5.41) is 6.27. The Morgan fingerprint density at radius 2 is 2.12 bits per heavy atom. The summed E-state index contributed by atoms with van der Waals surface area (Å²) in [6, 6.07) is 7.50. The summed E-state index contributed by atoms with van der Waals surface area (Å²) < 4.78 is 6.34. The molecule has 2 aliphatic rings. The minimum atomic E-state index is -0.316. The number of hydrogen-bond donors (Lipinski definition) is 1. The molecule has 5 nitrogen and oxygen atoms in total. The van der Waals surface area contributed by atoms with Gasteiger partial charge in [-0.3, -0.25) is 4.79 Å². The molecule has 0 unspecified atom stereocenters. The van der Waals surface area contributed by atoms with Crippen molar-refractivity contribution >= 4 is 22.4 Å². The minimum absolute atomic E-state index is 0.0441. The van der Waals surface area contributed by atoms with Gasteiger partial charge in [0.1, 0.15) is 11.4 Å². The van der Waals surface area contributed by atoms with Gasteiger partial charge in [0.25, 0.3) is 5.91 Å². The number of fused-ring (bicyclic) bond motifs is 1. The number of carbonyl (C=O) groups is 1. The average molecular weight is 343 g/mol. The molecule has 1 saturated heterocycles. The van der Waals surface area contributed by atoms with Crippen molar-refractivity contribution in [3.05, 3.63) is 40.9 Å². The Labute approximate surface area is 145 Å². The van der Waals surface area contributed by atoms with Gasteiger partial charge in [-0.2, -0.15) is 0 Å². The molecule has 1 aromatic carbocycles. The van der Waals surface area contributed by atoms with Crippen LogP contribution in [0.5, 0.6) is 5.75 Å². The van der Waals surface area contributed by atoms with E-state index in [0.717, 1.165) is 43.2 Å². The standard InChI is InChI=1S/C18H21N3O2S/c1-2-13-11-24-17(20-13)21-9-7-18(8-10-21)12-19-16(22)14-5-3-4-6-15(14)23-18/h3-6,11H,2,7-10,12H2,1H3,(H,19,22). The van der Waals surface area contributed by atoms with Crippen molar-refractivity contribution in [2.24, 2.45) is 0 Å². The summed E-state index contributed by atoms with van der Waals surface area (Å²) in [4.78, 5) is 19.3. The van der Waals surface area contributed by atoms with E-state index in [4.69, 9.17) is 4.74 Å². The van der Waals surface area contributed by atoms with E-state index in [2.05, 4.69) is 27.5 Å². The number of aryl methyl sites for hydroxylation is 1. The molecule has 126 valence electrons. The first-order valence-corrected chi connectivity index (χ1v) is 9.33. The van der Waals surface area contributed by atoms with Gasteiger partial charge < -0.3 is 15.0 Å². The van der Waals surface area contributed by atoms with Gasteiger partial charge >= 0.3 is 0 Å². The van der Waals surface area contributed by atoms with Crippen molar-refractivity contribution in [3.63, 3.8) is 0 Å². The predicted molar refractivity (Wildman–Crippen MR) is 95.1 cm³/mol. The third-order valence-electron chi connectivity index (χ3n) is 4.88. The zero-order chi connectivity index (χ0) is 16.6. The lowest BCUT2D eigenvalue weighted by Crippen LogP contribution is -2.53. The summed E-state index contributed by atoms with van der Waals surface area (Å²) in [5.41, 5.74) is 1.47. The fourth-order valence-corrected chi connectivity index (χ4v) is 4.30. The summed E-state index contributed by atoms with van der Waals surface area (Å²) in [7, 11) is 0. The number of rotatable bonds is 2. The molecule has 4 rings (SSSR count). The number of nitrogens with zero attached hydrogens (tertiary/aromatic N) is 2. The van der Waals surface area contributed by atoms with Crippen LogP contribution >= 0.6 is 11.3 Å². The Bertz CT molecular complexity index is 750. The minimum Gasteiger partial charge on any atom is -0.484 e. The van der Waals surface area contributed by atoms with Gasteiger partial charge in [-0.25, -0.2) is 4.98 Å². The molecular weight excluding hydrogens is 322 g/mol. The Hall–Kier alpha value is -2.08. The van der Waals surface area contributed by atoms with E-state index in [0.29, 0.717) is 17.9 Å². The first kappa shape index (κ1) is 15.4. The zero-order valence-electron chi connectivity index (χ0n) is 13.7. The fourth-order valence-electron chi connectivity index (χ4n) is 3.34. The van der Waals surface area contributed by atoms with E-state index in [-0.39, 0.29) is 11.5 Å². The van der Waals surface area contributed by atoms with Gasteiger partial charge in [0.2, 0.25) is 0 Å². The summed E-state index contributed by atoms with van der Waals surface area (Å²) in [6.07, 6.45) is 2.73. The summed E-state index contributed by atoms with van der Waals surface area (Å²) >= 11 is 1.71. The van der Waals surface area contributed by atoms with Gasteiger partial charge in [-0.05, 0) is 18.6 Å². The molecule has 0 atom stereocenters. The molecule has 0 radical (unpaired) electrons. The van der Waals surface area contributed by atoms with Crippen LogP contribution in [-0.4, -0.2) is 36.1 Å². The van der Waals surface area contributed by atoms with Crippen LogP contribution in [0.15, 0.2) is 29.6 Å². The van der Waals surface area contributed by atoms with Gasteiger partial charge in [0, 0.05) is 31.3 Å². The molecule has 0 saturated carbocycles. The molecule has 6 heteroatoms. The number of hydrogen-bond acceptors (Lipinski definition) is 5. The highest BCUT2D eigenvalue weighted by Gasteiger charge is 2.40. The van der Waals surface area contributed by atoms with Crippen LogP contribution in [0.4, 0.5) is 5.13 Å². The molecule has 0 aliphatic carbocycles. The third-order valence-corrected chi connectivity index (χ3v) is 5.83. The molecule has 3 heterocycles. The van der Waals surface area contributed by atoms with Gasteiger partial charge in [-0.15, -0.1) is 11.3 Å². The molecule has 2 aliphatic heterocycles. The van der Waals surface area contributed by atoms with E-state index in [1.165, 1.54) is 0 Å². The van der Waals surface area contributed by atoms with Crippen LogP contribution in [0.1, 0.15) is 35.8 Å². The fraction of sp³-hybridized carbons (Fsp3) is 0.444. The normalized spacial score (nSPS) is 19.4. The number of aromatic nitrogens is 1. The summed E-state index contributed by atoms with van der Waals surface area (Å²) in [5.74, 6) is 0.654. The Morgan fingerprint density at radius 3 is 2.88 bits per heavy atom. The second-order valence-electron chi connectivity index (χ2n) is 6.43. The van der Waals surface area contributed by atoms with E-state index in [1.54, 1.807) is 11.3 Å². The van der Waals surface area contributed by atoms with Crippen LogP contribution in [0, 0.1) is 0 Å². The van der Waals surface area contributed by atoms with Gasteiger partial charge in [0.05, 0.1) is 17.8 Å². The monoisotopic (exact) mass is 343 g/mol. The largest absolute Gasteiger partial charge is 0.484 e. The molecular formula is C18H21N3O2S. The van der Waals surface area contributed by atoms with Crippen LogP contribution in [0.3, 0.4) is 0 Å². The maximum atomic E-state index is 12.2. The third kappa shape index (κ3) is 2.75. The number of para-hydroxylation sites is 1. The molecule has 1 spiro atoms. The van der Waals surface area contributed by atoms with Gasteiger partial charge in [0.15, 0.2) is 5.13 Å². The highest BCUT2D eigenvalue weighted by atomic mass is 32.1. The number of benzene rings is 1. The van der Waals surface area contributed by atoms with Crippen LogP contribution < -0.4 is 15.0 Å². The van der Waals surface area contributed by atoms with Crippen LogP contribution in [0.25, 0.3) is 0 Å². The smallest absolute Gasteiger partial charge is 0.255 e. The van der Waals surface area contributed by atoms with Crippen molar-refractivity contribution in [1.29, 1.82) is 0 Å². The maximum Gasteiger partial charge on any atom is 0.255 e. The summed E-state index contributed by atoms with van der Waals surface area (Å²) in [6.45, 7) is 4.49. The van der Waals surface area contributed by atoms with Crippen LogP contribution in [0.2, 0.25) is 0 Å². The first-order valence-electron chi connectivity index (χ1n) is 8.45. The van der Waals surface area contributed by atoms with E-state index in [9.17, 15) is 4.79 Å². The molecule has 1 amide bonds.